The van der Waals surface area contributed by atoms with Gasteiger partial charge in [0.25, 0.3) is 0 Å². The lowest BCUT2D eigenvalue weighted by atomic mass is 10.1. The molecule has 0 bridgehead atoms. The van der Waals surface area contributed by atoms with Crippen LogP contribution in [0.3, 0.4) is 0 Å². The minimum Gasteiger partial charge on any atom is -0.449 e. The molecule has 0 saturated carbocycles. The predicted octanol–water partition coefficient (Wildman–Crippen LogP) is 5.58. The van der Waals surface area contributed by atoms with E-state index in [0.717, 1.165) is 37.9 Å². The number of fused-ring (bicyclic) bond motifs is 1. The number of hydrogen-bond acceptors (Lipinski definition) is 6. The molecule has 11 nitrogen and oxygen atoms in total. The van der Waals surface area contributed by atoms with Crippen molar-refractivity contribution < 1.29 is 38.2 Å². The SMILES string of the molecule is CCN(CC)CCCC(C)N(C(=O)OCCCCCC(P(=O)(O)O)P(=O)(O)O)c1ccnc2cc(Cl)ccc12. The molecule has 0 saturated heterocycles. The number of ether oxygens (including phenoxy) is 1. The highest BCUT2D eigenvalue weighted by Gasteiger charge is 2.42. The number of halogens is 1. The Hall–Kier alpha value is -1.55. The largest absolute Gasteiger partial charge is 0.449 e. The van der Waals surface area contributed by atoms with Gasteiger partial charge in [-0.2, -0.15) is 0 Å². The molecule has 2 aromatic rings. The second-order valence-corrected chi connectivity index (χ2v) is 13.9. The van der Waals surface area contributed by atoms with E-state index in [9.17, 15) is 33.5 Å². The molecule has 1 amide bonds. The van der Waals surface area contributed by atoms with Crippen LogP contribution >= 0.6 is 26.8 Å². The number of carbonyl (C=O) groups excluding carboxylic acids is 1. The molecule has 4 N–H and O–H groups in total. The first-order valence-electron chi connectivity index (χ1n) is 13.1. The number of anilines is 1. The van der Waals surface area contributed by atoms with Gasteiger partial charge in [0.1, 0.15) is 0 Å². The fourth-order valence-corrected chi connectivity index (χ4v) is 7.25. The van der Waals surface area contributed by atoms with Crippen molar-refractivity contribution in [2.75, 3.05) is 31.1 Å². The van der Waals surface area contributed by atoms with Crippen LogP contribution in [0.2, 0.25) is 5.02 Å². The lowest BCUT2D eigenvalue weighted by Gasteiger charge is -2.30. The first-order valence-corrected chi connectivity index (χ1v) is 16.9. The Labute approximate surface area is 234 Å². The molecule has 1 unspecified atom stereocenters. The van der Waals surface area contributed by atoms with Gasteiger partial charge >= 0.3 is 21.3 Å². The van der Waals surface area contributed by atoms with Crippen molar-refractivity contribution in [2.24, 2.45) is 0 Å². The summed E-state index contributed by atoms with van der Waals surface area (Å²) in [5.41, 5.74) is 1.31. The summed E-state index contributed by atoms with van der Waals surface area (Å²) in [6.07, 6.45) is 3.31. The summed E-state index contributed by atoms with van der Waals surface area (Å²) in [5.74, 6) is 0. The second kappa shape index (κ2) is 15.5. The molecule has 0 fully saturated rings. The molecule has 0 spiro atoms. The third kappa shape index (κ3) is 10.4. The number of aromatic nitrogens is 1. The fraction of sp³-hybridized carbons (Fsp3) is 0.600. The van der Waals surface area contributed by atoms with Gasteiger partial charge in [-0.05, 0) is 76.5 Å². The van der Waals surface area contributed by atoms with Crippen molar-refractivity contribution in [1.29, 1.82) is 0 Å². The van der Waals surface area contributed by atoms with E-state index >= 15 is 0 Å². The zero-order chi connectivity index (χ0) is 29.2. The first-order chi connectivity index (χ1) is 18.3. The monoisotopic (exact) mass is 607 g/mol. The van der Waals surface area contributed by atoms with Crippen LogP contribution in [0.1, 0.15) is 59.3 Å². The zero-order valence-corrected chi connectivity index (χ0v) is 25.2. The molecule has 0 aliphatic carbocycles. The number of unbranched alkanes of at least 4 members (excludes halogenated alkanes) is 2. The minimum absolute atomic E-state index is 0.0484. The van der Waals surface area contributed by atoms with Gasteiger partial charge in [0.05, 0.1) is 17.8 Å². The van der Waals surface area contributed by atoms with Crippen LogP contribution in [0, 0.1) is 0 Å². The normalized spacial score (nSPS) is 13.3. The van der Waals surface area contributed by atoms with E-state index < -0.39 is 26.7 Å². The second-order valence-electron chi connectivity index (χ2n) is 9.50. The lowest BCUT2D eigenvalue weighted by Crippen LogP contribution is -2.40. The van der Waals surface area contributed by atoms with Gasteiger partial charge in [-0.25, -0.2) is 4.79 Å². The van der Waals surface area contributed by atoms with E-state index in [4.69, 9.17) is 16.3 Å². The highest BCUT2D eigenvalue weighted by molar-refractivity contribution is 7.70. The minimum atomic E-state index is -4.94. The predicted molar refractivity (Wildman–Crippen MR) is 153 cm³/mol. The summed E-state index contributed by atoms with van der Waals surface area (Å²) in [4.78, 5) is 58.7. The molecular weight excluding hydrogens is 568 g/mol. The molecule has 14 heteroatoms. The van der Waals surface area contributed by atoms with E-state index in [1.54, 1.807) is 29.3 Å². The van der Waals surface area contributed by atoms with E-state index in [0.29, 0.717) is 29.1 Å². The third-order valence-electron chi connectivity index (χ3n) is 6.68. The molecule has 1 aromatic carbocycles. The van der Waals surface area contributed by atoms with Crippen molar-refractivity contribution in [2.45, 2.75) is 70.7 Å². The lowest BCUT2D eigenvalue weighted by molar-refractivity contribution is 0.148. The van der Waals surface area contributed by atoms with Gasteiger partial charge in [0.2, 0.25) is 0 Å². The first kappa shape index (κ1) is 33.7. The molecule has 0 radical (unpaired) electrons. The number of pyridine rings is 1. The molecular formula is C25H40ClN3O8P2. The molecule has 1 heterocycles. The maximum atomic E-state index is 13.3. The summed E-state index contributed by atoms with van der Waals surface area (Å²) in [6, 6.07) is 6.88. The van der Waals surface area contributed by atoms with Crippen LogP contribution in [0.15, 0.2) is 30.5 Å². The van der Waals surface area contributed by atoms with Crippen LogP contribution in [-0.2, 0) is 13.9 Å². The van der Waals surface area contributed by atoms with E-state index in [1.165, 1.54) is 0 Å². The number of amides is 1. The quantitative estimate of drug-likeness (QED) is 0.140. The van der Waals surface area contributed by atoms with Crippen LogP contribution in [0.5, 0.6) is 0 Å². The Kier molecular flexibility index (Phi) is 13.3. The van der Waals surface area contributed by atoms with E-state index in [1.807, 2.05) is 13.0 Å². The number of rotatable bonds is 16. The van der Waals surface area contributed by atoms with E-state index in [-0.39, 0.29) is 25.5 Å². The average molecular weight is 608 g/mol. The summed E-state index contributed by atoms with van der Waals surface area (Å²) in [5, 5.41) is -0.725. The number of nitrogens with zero attached hydrogens (tertiary/aromatic N) is 3. The van der Waals surface area contributed by atoms with Crippen molar-refractivity contribution >= 4 is 49.5 Å². The molecule has 220 valence electrons. The molecule has 1 aromatic heterocycles. The van der Waals surface area contributed by atoms with Crippen molar-refractivity contribution in [3.8, 4) is 0 Å². The fourth-order valence-electron chi connectivity index (χ4n) is 4.48. The molecule has 1 atom stereocenters. The zero-order valence-electron chi connectivity index (χ0n) is 22.6. The summed E-state index contributed by atoms with van der Waals surface area (Å²) in [7, 11) is -9.88. The topological polar surface area (TPSA) is 161 Å². The number of hydrogen-bond donors (Lipinski definition) is 4. The van der Waals surface area contributed by atoms with E-state index in [2.05, 4.69) is 23.7 Å². The summed E-state index contributed by atoms with van der Waals surface area (Å²) in [6.45, 7) is 9.07. The standard InChI is InChI=1S/C25H40ClN3O8P2/c1-4-28(5-2)16-9-10-19(3)29(23-14-15-27-22-18-20(26)12-13-21(22)23)25(30)37-17-8-6-7-11-24(38(31,32)33)39(34,35)36/h12-15,18-19,24H,4-11,16-17H2,1-3H3,(H2,31,32,33)(H2,34,35,36). The van der Waals surface area contributed by atoms with Crippen LogP contribution in [0.4, 0.5) is 10.5 Å². The van der Waals surface area contributed by atoms with Gasteiger partial charge in [-0.1, -0.05) is 38.3 Å². The van der Waals surface area contributed by atoms with Crippen LogP contribution < -0.4 is 4.90 Å². The third-order valence-corrected chi connectivity index (χ3v) is 10.8. The molecule has 0 aliphatic heterocycles. The molecule has 39 heavy (non-hydrogen) atoms. The Bertz CT molecular complexity index is 1150. The highest BCUT2D eigenvalue weighted by atomic mass is 35.5. The maximum absolute atomic E-state index is 13.3. The Morgan fingerprint density at radius 1 is 1.00 bits per heavy atom. The summed E-state index contributed by atoms with van der Waals surface area (Å²) < 4.78 is 28.5. The summed E-state index contributed by atoms with van der Waals surface area (Å²) >= 11 is 6.14. The van der Waals surface area contributed by atoms with Crippen LogP contribution in [0.25, 0.3) is 10.9 Å². The highest BCUT2D eigenvalue weighted by Crippen LogP contribution is 2.61. The Morgan fingerprint density at radius 2 is 1.67 bits per heavy atom. The van der Waals surface area contributed by atoms with Gasteiger partial charge in [0.15, 0.2) is 5.40 Å². The smallest absolute Gasteiger partial charge is 0.414 e. The van der Waals surface area contributed by atoms with Crippen LogP contribution in [-0.4, -0.2) is 73.2 Å². The van der Waals surface area contributed by atoms with Gasteiger partial charge in [0, 0.05) is 22.6 Å². The molecule has 2 rings (SSSR count). The van der Waals surface area contributed by atoms with Gasteiger partial charge < -0.3 is 29.2 Å². The van der Waals surface area contributed by atoms with Crippen molar-refractivity contribution in [3.63, 3.8) is 0 Å². The molecule has 0 aliphatic rings. The van der Waals surface area contributed by atoms with Crippen molar-refractivity contribution in [3.05, 3.63) is 35.5 Å². The number of carbonyl (C=O) groups is 1. The van der Waals surface area contributed by atoms with Gasteiger partial charge in [-0.3, -0.25) is 19.0 Å². The number of benzene rings is 1. The van der Waals surface area contributed by atoms with Gasteiger partial charge in [-0.15, -0.1) is 0 Å². The average Bonchev–Trinajstić information content (AvgIpc) is 2.84. The Balaban J connectivity index is 2.08. The van der Waals surface area contributed by atoms with Crippen molar-refractivity contribution in [1.82, 2.24) is 9.88 Å². The Morgan fingerprint density at radius 3 is 2.28 bits per heavy atom. The maximum Gasteiger partial charge on any atom is 0.414 e.